The molecule has 3 heteroatoms. The minimum Gasteiger partial charge on any atom is -0.256 e. The van der Waals surface area contributed by atoms with Gasteiger partial charge in [0, 0.05) is 49.1 Å². The molecular formula is C49H32N2S. The minimum absolute atomic E-state index is 0.198. The molecule has 0 amide bonds. The van der Waals surface area contributed by atoms with Gasteiger partial charge in [-0.05, 0) is 132 Å². The Bertz CT molecular complexity index is 3080. The van der Waals surface area contributed by atoms with Crippen molar-refractivity contribution in [3.8, 4) is 44.8 Å². The zero-order valence-electron chi connectivity index (χ0n) is 28.8. The van der Waals surface area contributed by atoms with E-state index < -0.39 is 0 Å². The molecule has 0 aliphatic heterocycles. The van der Waals surface area contributed by atoms with Crippen molar-refractivity contribution in [1.29, 1.82) is 0 Å². The summed E-state index contributed by atoms with van der Waals surface area (Å²) < 4.78 is 2.67. The van der Waals surface area contributed by atoms with Gasteiger partial charge in [-0.2, -0.15) is 0 Å². The average Bonchev–Trinajstić information content (AvgIpc) is 3.70. The fraction of sp³-hybridized carbons (Fsp3) is 0.0612. The highest BCUT2D eigenvalue weighted by atomic mass is 32.1. The fourth-order valence-corrected chi connectivity index (χ4v) is 10.0. The van der Waals surface area contributed by atoms with Gasteiger partial charge in [0.2, 0.25) is 0 Å². The van der Waals surface area contributed by atoms with Crippen LogP contribution in [-0.2, 0) is 5.41 Å². The lowest BCUT2D eigenvalue weighted by Crippen LogP contribution is -2.15. The summed E-state index contributed by atoms with van der Waals surface area (Å²) in [5.41, 5.74) is 11.8. The first-order chi connectivity index (χ1) is 25.5. The highest BCUT2D eigenvalue weighted by Crippen LogP contribution is 2.54. The molecule has 3 heterocycles. The Hall–Kier alpha value is -6.16. The number of hydrogen-bond acceptors (Lipinski definition) is 3. The van der Waals surface area contributed by atoms with Gasteiger partial charge in [-0.1, -0.05) is 92.7 Å². The van der Waals surface area contributed by atoms with Crippen LogP contribution in [0, 0.1) is 0 Å². The van der Waals surface area contributed by atoms with Gasteiger partial charge in [0.05, 0.1) is 11.4 Å². The SMILES string of the molecule is CC1(C)c2cc(-c3ccccn3)cc3c4ccc(-c5cccc(-c6cccc7c6sc6ccccc67)c5)cc4c4cc(-c5ccccn5)cc1c4c23. The molecule has 0 atom stereocenters. The monoisotopic (exact) mass is 680 g/mol. The number of hydrogen-bond donors (Lipinski definition) is 0. The van der Waals surface area contributed by atoms with Crippen LogP contribution in [0.3, 0.4) is 0 Å². The number of thiophene rings is 1. The number of rotatable bonds is 4. The number of pyridine rings is 2. The fourth-order valence-electron chi connectivity index (χ4n) is 8.76. The molecule has 11 rings (SSSR count). The van der Waals surface area contributed by atoms with Gasteiger partial charge in [-0.15, -0.1) is 11.3 Å². The summed E-state index contributed by atoms with van der Waals surface area (Å²) in [6.07, 6.45) is 3.78. The topological polar surface area (TPSA) is 25.8 Å². The summed E-state index contributed by atoms with van der Waals surface area (Å²) in [6, 6.07) is 53.5. The molecule has 0 bridgehead atoms. The molecule has 0 saturated carbocycles. The summed E-state index contributed by atoms with van der Waals surface area (Å²) >= 11 is 1.88. The quantitative estimate of drug-likeness (QED) is 0.173. The molecule has 7 aromatic carbocycles. The van der Waals surface area contributed by atoms with Crippen LogP contribution in [0.15, 0.2) is 158 Å². The lowest BCUT2D eigenvalue weighted by molar-refractivity contribution is 0.663. The summed E-state index contributed by atoms with van der Waals surface area (Å²) in [6.45, 7) is 4.75. The van der Waals surface area contributed by atoms with Gasteiger partial charge in [-0.3, -0.25) is 9.97 Å². The standard InChI is InChI=1S/C49H32N2S/c1-49(2)41-27-32(43-16-5-7-21-50-43)25-39-35-20-19-30(24-38(35)40-26-33(44-17-6-8-22-51-44)28-42(49)47(40)46(39)41)29-11-9-12-31(23-29)34-14-10-15-37-36-13-3-4-18-45(36)52-48(34)37/h3-28H,1-2H3. The highest BCUT2D eigenvalue weighted by molar-refractivity contribution is 7.26. The van der Waals surface area contributed by atoms with Crippen LogP contribution in [-0.4, -0.2) is 9.97 Å². The third-order valence-corrected chi connectivity index (χ3v) is 12.5. The molecule has 0 fully saturated rings. The van der Waals surface area contributed by atoms with E-state index in [4.69, 9.17) is 9.97 Å². The predicted octanol–water partition coefficient (Wildman–Crippen LogP) is 13.6. The Morgan fingerprint density at radius 1 is 0.423 bits per heavy atom. The number of aromatic nitrogens is 2. The van der Waals surface area contributed by atoms with Crippen LogP contribution in [0.2, 0.25) is 0 Å². The summed E-state index contributed by atoms with van der Waals surface area (Å²) in [5.74, 6) is 0. The molecule has 2 nitrogen and oxygen atoms in total. The maximum absolute atomic E-state index is 4.80. The normalized spacial score (nSPS) is 13.3. The van der Waals surface area contributed by atoms with E-state index in [1.54, 1.807) is 0 Å². The van der Waals surface area contributed by atoms with E-state index in [-0.39, 0.29) is 5.41 Å². The van der Waals surface area contributed by atoms with E-state index >= 15 is 0 Å². The Labute approximate surface area is 305 Å². The zero-order valence-corrected chi connectivity index (χ0v) is 29.6. The molecule has 52 heavy (non-hydrogen) atoms. The van der Waals surface area contributed by atoms with Crippen LogP contribution >= 0.6 is 11.3 Å². The summed E-state index contributed by atoms with van der Waals surface area (Å²) in [4.78, 5) is 9.59. The Kier molecular flexibility index (Phi) is 6.21. The smallest absolute Gasteiger partial charge is 0.0702 e. The van der Waals surface area contributed by atoms with Gasteiger partial charge in [0.15, 0.2) is 0 Å². The van der Waals surface area contributed by atoms with Crippen molar-refractivity contribution < 1.29 is 0 Å². The molecule has 1 aliphatic rings. The molecule has 3 aromatic heterocycles. The third kappa shape index (κ3) is 4.23. The Morgan fingerprint density at radius 2 is 1.02 bits per heavy atom. The molecule has 0 saturated heterocycles. The van der Waals surface area contributed by atoms with Gasteiger partial charge < -0.3 is 0 Å². The first kappa shape index (κ1) is 29.6. The van der Waals surface area contributed by atoms with Gasteiger partial charge in [-0.25, -0.2) is 0 Å². The molecule has 0 N–H and O–H groups in total. The minimum atomic E-state index is -0.198. The second kappa shape index (κ2) is 10.9. The lowest BCUT2D eigenvalue weighted by Gasteiger charge is -2.23. The van der Waals surface area contributed by atoms with Gasteiger partial charge >= 0.3 is 0 Å². The largest absolute Gasteiger partial charge is 0.256 e. The number of benzene rings is 7. The van der Waals surface area contributed by atoms with Crippen molar-refractivity contribution in [2.75, 3.05) is 0 Å². The van der Waals surface area contributed by atoms with E-state index in [0.29, 0.717) is 0 Å². The first-order valence-electron chi connectivity index (χ1n) is 17.9. The number of nitrogens with zero attached hydrogens (tertiary/aromatic N) is 2. The van der Waals surface area contributed by atoms with Crippen molar-refractivity contribution in [3.63, 3.8) is 0 Å². The predicted molar refractivity (Wildman–Crippen MR) is 221 cm³/mol. The van der Waals surface area contributed by atoms with Crippen LogP contribution in [0.4, 0.5) is 0 Å². The summed E-state index contributed by atoms with van der Waals surface area (Å²) in [5, 5.41) is 10.5. The van der Waals surface area contributed by atoms with Crippen molar-refractivity contribution in [2.45, 2.75) is 19.3 Å². The van der Waals surface area contributed by atoms with E-state index in [9.17, 15) is 0 Å². The number of fused-ring (bicyclic) bond motifs is 6. The van der Waals surface area contributed by atoms with E-state index in [1.807, 2.05) is 35.9 Å². The third-order valence-electron chi connectivity index (χ3n) is 11.3. The van der Waals surface area contributed by atoms with Crippen molar-refractivity contribution >= 4 is 63.8 Å². The van der Waals surface area contributed by atoms with Crippen molar-refractivity contribution in [1.82, 2.24) is 9.97 Å². The molecule has 0 spiro atoms. The second-order valence-electron chi connectivity index (χ2n) is 14.6. The van der Waals surface area contributed by atoms with Crippen LogP contribution in [0.1, 0.15) is 25.0 Å². The molecule has 1 aliphatic carbocycles. The second-order valence-corrected chi connectivity index (χ2v) is 15.6. The molecular weight excluding hydrogens is 649 g/mol. The van der Waals surface area contributed by atoms with Gasteiger partial charge in [0.1, 0.15) is 0 Å². The maximum atomic E-state index is 4.80. The van der Waals surface area contributed by atoms with E-state index in [1.165, 1.54) is 85.9 Å². The maximum Gasteiger partial charge on any atom is 0.0702 e. The summed E-state index contributed by atoms with van der Waals surface area (Å²) in [7, 11) is 0. The molecule has 0 radical (unpaired) electrons. The molecule has 0 unspecified atom stereocenters. The van der Waals surface area contributed by atoms with Crippen LogP contribution in [0.5, 0.6) is 0 Å². The van der Waals surface area contributed by atoms with Crippen LogP contribution in [0.25, 0.3) is 97.3 Å². The lowest BCUT2D eigenvalue weighted by atomic mass is 9.80. The average molecular weight is 681 g/mol. The van der Waals surface area contributed by atoms with E-state index in [2.05, 4.69) is 147 Å². The zero-order chi connectivity index (χ0) is 34.6. The van der Waals surface area contributed by atoms with Crippen LogP contribution < -0.4 is 0 Å². The Balaban J connectivity index is 1.18. The molecule has 244 valence electrons. The highest BCUT2D eigenvalue weighted by Gasteiger charge is 2.36. The van der Waals surface area contributed by atoms with E-state index in [0.717, 1.165) is 22.5 Å². The van der Waals surface area contributed by atoms with Gasteiger partial charge in [0.25, 0.3) is 0 Å². The van der Waals surface area contributed by atoms with Crippen molar-refractivity contribution in [3.05, 3.63) is 169 Å². The Morgan fingerprint density at radius 3 is 1.73 bits per heavy atom. The molecule has 10 aromatic rings. The first-order valence-corrected chi connectivity index (χ1v) is 18.7. The van der Waals surface area contributed by atoms with Crippen molar-refractivity contribution in [2.24, 2.45) is 0 Å².